The highest BCUT2D eigenvalue weighted by Crippen LogP contribution is 2.11. The van der Waals surface area contributed by atoms with Gasteiger partial charge in [0.15, 0.2) is 0 Å². The molecule has 88 valence electrons. The number of hydrogen-bond donors (Lipinski definition) is 0. The van der Waals surface area contributed by atoms with Crippen molar-refractivity contribution in [2.24, 2.45) is 0 Å². The molecule has 0 radical (unpaired) electrons. The Kier molecular flexibility index (Phi) is 3.73. The molecule has 0 saturated heterocycles. The predicted octanol–water partition coefficient (Wildman–Crippen LogP) is 2.52. The summed E-state index contributed by atoms with van der Waals surface area (Å²) in [6.45, 7) is 2.24. The third-order valence-corrected chi connectivity index (χ3v) is 3.62. The Morgan fingerprint density at radius 1 is 1.35 bits per heavy atom. The lowest BCUT2D eigenvalue weighted by molar-refractivity contribution is 0.721. The van der Waals surface area contributed by atoms with E-state index in [1.165, 1.54) is 0 Å². The number of halogens is 2. The molecule has 0 aliphatic heterocycles. The predicted molar refractivity (Wildman–Crippen MR) is 72.0 cm³/mol. The summed E-state index contributed by atoms with van der Waals surface area (Å²) in [6, 6.07) is 1.92. The fourth-order valence-corrected chi connectivity index (χ4v) is 2.14. The molecule has 0 unspecified atom stereocenters. The lowest BCUT2D eigenvalue weighted by atomic mass is 10.3. The van der Waals surface area contributed by atoms with Gasteiger partial charge in [0.2, 0.25) is 0 Å². The Balaban J connectivity index is 2.37. The maximum Gasteiger partial charge on any atom is 0.268 e. The number of pyridine rings is 1. The van der Waals surface area contributed by atoms with Gasteiger partial charge in [0.1, 0.15) is 4.47 Å². The molecule has 6 heteroatoms. The van der Waals surface area contributed by atoms with Crippen LogP contribution in [0.3, 0.4) is 0 Å². The summed E-state index contributed by atoms with van der Waals surface area (Å²) >= 11 is 6.58. The van der Waals surface area contributed by atoms with Crippen LogP contribution in [0.15, 0.2) is 38.5 Å². The fourth-order valence-electron chi connectivity index (χ4n) is 1.40. The van der Waals surface area contributed by atoms with Crippen LogP contribution >= 0.6 is 31.9 Å². The summed E-state index contributed by atoms with van der Waals surface area (Å²) in [7, 11) is 0. The number of hydrogen-bond acceptors (Lipinski definition) is 3. The Morgan fingerprint density at radius 2 is 2.12 bits per heavy atom. The van der Waals surface area contributed by atoms with Crippen LogP contribution in [-0.4, -0.2) is 14.5 Å². The molecule has 0 atom stereocenters. The first kappa shape index (κ1) is 12.4. The summed E-state index contributed by atoms with van der Waals surface area (Å²) in [4.78, 5) is 20.1. The van der Waals surface area contributed by atoms with Crippen molar-refractivity contribution >= 4 is 31.9 Å². The molecule has 0 saturated carbocycles. The van der Waals surface area contributed by atoms with Crippen molar-refractivity contribution in [3.05, 3.63) is 55.3 Å². The van der Waals surface area contributed by atoms with Gasteiger partial charge < -0.3 is 0 Å². The molecule has 4 nitrogen and oxygen atoms in total. The van der Waals surface area contributed by atoms with Crippen LogP contribution in [0.2, 0.25) is 0 Å². The zero-order valence-corrected chi connectivity index (χ0v) is 12.2. The van der Waals surface area contributed by atoms with E-state index in [2.05, 4.69) is 41.8 Å². The lowest BCUT2D eigenvalue weighted by Crippen LogP contribution is -2.22. The van der Waals surface area contributed by atoms with Crippen LogP contribution in [0.4, 0.5) is 0 Å². The molecule has 0 aromatic carbocycles. The minimum Gasteiger partial charge on any atom is -0.294 e. The van der Waals surface area contributed by atoms with E-state index < -0.39 is 0 Å². The molecule has 0 spiro atoms. The number of rotatable bonds is 2. The minimum absolute atomic E-state index is 0.0857. The zero-order valence-electron chi connectivity index (χ0n) is 9.02. The van der Waals surface area contributed by atoms with Crippen molar-refractivity contribution in [2.75, 3.05) is 0 Å². The Morgan fingerprint density at radius 3 is 2.82 bits per heavy atom. The molecule has 17 heavy (non-hydrogen) atoms. The molecule has 0 aliphatic rings. The van der Waals surface area contributed by atoms with Gasteiger partial charge in [0.05, 0.1) is 18.6 Å². The van der Waals surface area contributed by atoms with Crippen molar-refractivity contribution in [1.29, 1.82) is 0 Å². The number of nitrogens with zero attached hydrogens (tertiary/aromatic N) is 3. The van der Waals surface area contributed by atoms with Gasteiger partial charge in [-0.05, 0) is 50.4 Å². The summed E-state index contributed by atoms with van der Waals surface area (Å²) in [5.74, 6) is 0. The summed E-state index contributed by atoms with van der Waals surface area (Å²) < 4.78 is 2.94. The average Bonchev–Trinajstić information content (AvgIpc) is 2.30. The van der Waals surface area contributed by atoms with Gasteiger partial charge in [-0.3, -0.25) is 14.3 Å². The molecule has 2 rings (SSSR count). The van der Waals surface area contributed by atoms with Crippen LogP contribution in [0.1, 0.15) is 11.3 Å². The van der Waals surface area contributed by atoms with Gasteiger partial charge in [-0.25, -0.2) is 4.98 Å². The molecule has 0 bridgehead atoms. The van der Waals surface area contributed by atoms with Crippen LogP contribution in [0.5, 0.6) is 0 Å². The van der Waals surface area contributed by atoms with Crippen LogP contribution in [0.25, 0.3) is 0 Å². The smallest absolute Gasteiger partial charge is 0.268 e. The normalized spacial score (nSPS) is 10.5. The monoisotopic (exact) mass is 357 g/mol. The van der Waals surface area contributed by atoms with Gasteiger partial charge in [0.25, 0.3) is 5.56 Å². The lowest BCUT2D eigenvalue weighted by Gasteiger charge is -2.06. The fraction of sp³-hybridized carbons (Fsp3) is 0.182. The molecule has 0 aliphatic carbocycles. The van der Waals surface area contributed by atoms with E-state index in [-0.39, 0.29) is 5.56 Å². The summed E-state index contributed by atoms with van der Waals surface area (Å²) in [5, 5.41) is 0. The topological polar surface area (TPSA) is 47.8 Å². The molecule has 2 heterocycles. The SMILES string of the molecule is Cc1ncn(Cc2cncc(Br)c2)c(=O)c1Br. The van der Waals surface area contributed by atoms with Gasteiger partial charge in [0, 0.05) is 16.9 Å². The zero-order chi connectivity index (χ0) is 12.4. The van der Waals surface area contributed by atoms with Gasteiger partial charge >= 0.3 is 0 Å². The van der Waals surface area contributed by atoms with Crippen molar-refractivity contribution in [1.82, 2.24) is 14.5 Å². The highest BCUT2D eigenvalue weighted by atomic mass is 79.9. The third-order valence-electron chi connectivity index (χ3n) is 2.27. The Bertz CT molecular complexity index is 610. The molecule has 0 amide bonds. The molecular formula is C11H9Br2N3O. The quantitative estimate of drug-likeness (QED) is 0.828. The van der Waals surface area contributed by atoms with E-state index in [1.807, 2.05) is 6.07 Å². The van der Waals surface area contributed by atoms with Crippen LogP contribution in [0, 0.1) is 6.92 Å². The molecular weight excluding hydrogens is 350 g/mol. The second-order valence-electron chi connectivity index (χ2n) is 3.59. The maximum atomic E-state index is 11.9. The van der Waals surface area contributed by atoms with Crippen LogP contribution < -0.4 is 5.56 Å². The Labute approximate surface area is 115 Å². The van der Waals surface area contributed by atoms with Crippen molar-refractivity contribution < 1.29 is 0 Å². The molecule has 0 N–H and O–H groups in total. The summed E-state index contributed by atoms with van der Waals surface area (Å²) in [5.41, 5.74) is 1.55. The second kappa shape index (κ2) is 5.10. The Hall–Kier alpha value is -1.01. The second-order valence-corrected chi connectivity index (χ2v) is 5.30. The standard InChI is InChI=1S/C11H9Br2N3O/c1-7-10(13)11(17)16(6-15-7)5-8-2-9(12)4-14-3-8/h2-4,6H,5H2,1H3. The highest BCUT2D eigenvalue weighted by molar-refractivity contribution is 9.10. The first-order valence-corrected chi connectivity index (χ1v) is 6.47. The number of aryl methyl sites for hydroxylation is 1. The highest BCUT2D eigenvalue weighted by Gasteiger charge is 2.06. The van der Waals surface area contributed by atoms with Gasteiger partial charge in [-0.15, -0.1) is 0 Å². The van der Waals surface area contributed by atoms with E-state index in [4.69, 9.17) is 0 Å². The van der Waals surface area contributed by atoms with Crippen molar-refractivity contribution in [3.8, 4) is 0 Å². The third kappa shape index (κ3) is 2.81. The largest absolute Gasteiger partial charge is 0.294 e. The number of aromatic nitrogens is 3. The first-order valence-electron chi connectivity index (χ1n) is 4.89. The van der Waals surface area contributed by atoms with Gasteiger partial charge in [-0.1, -0.05) is 0 Å². The first-order chi connectivity index (χ1) is 8.08. The van der Waals surface area contributed by atoms with E-state index in [0.29, 0.717) is 16.7 Å². The van der Waals surface area contributed by atoms with Crippen LogP contribution in [-0.2, 0) is 6.54 Å². The molecule has 2 aromatic rings. The van der Waals surface area contributed by atoms with Crippen molar-refractivity contribution in [2.45, 2.75) is 13.5 Å². The minimum atomic E-state index is -0.0857. The average molecular weight is 359 g/mol. The van der Waals surface area contributed by atoms with Gasteiger partial charge in [-0.2, -0.15) is 0 Å². The van der Waals surface area contributed by atoms with E-state index in [1.54, 1.807) is 30.2 Å². The van der Waals surface area contributed by atoms with E-state index >= 15 is 0 Å². The molecule has 0 fully saturated rings. The van der Waals surface area contributed by atoms with E-state index in [9.17, 15) is 4.79 Å². The summed E-state index contributed by atoms with van der Waals surface area (Å²) in [6.07, 6.45) is 4.98. The van der Waals surface area contributed by atoms with Crippen molar-refractivity contribution in [3.63, 3.8) is 0 Å². The van der Waals surface area contributed by atoms with E-state index in [0.717, 1.165) is 10.0 Å². The maximum absolute atomic E-state index is 11.9. The molecule has 2 aromatic heterocycles.